The molecule has 7 nitrogen and oxygen atoms in total. The van der Waals surface area contributed by atoms with Crippen LogP contribution in [0.4, 0.5) is 0 Å². The number of fused-ring (bicyclic) bond motifs is 3. The minimum absolute atomic E-state index is 0.0838. The summed E-state index contributed by atoms with van der Waals surface area (Å²) in [7, 11) is 1.60. The van der Waals surface area contributed by atoms with Crippen molar-refractivity contribution in [1.82, 2.24) is 10.1 Å². The molecule has 0 aliphatic heterocycles. The van der Waals surface area contributed by atoms with E-state index in [0.717, 1.165) is 38.6 Å². The van der Waals surface area contributed by atoms with Crippen LogP contribution in [-0.4, -0.2) is 23.2 Å². The summed E-state index contributed by atoms with van der Waals surface area (Å²) < 4.78 is 21.3. The highest BCUT2D eigenvalue weighted by Gasteiger charge is 2.16. The van der Waals surface area contributed by atoms with E-state index in [1.165, 1.54) is 0 Å². The van der Waals surface area contributed by atoms with Crippen molar-refractivity contribution in [3.63, 3.8) is 0 Å². The number of esters is 1. The van der Waals surface area contributed by atoms with E-state index in [4.69, 9.17) is 18.4 Å². The minimum atomic E-state index is -0.403. The lowest BCUT2D eigenvalue weighted by atomic mass is 10.0. The number of benzene rings is 3. The predicted molar refractivity (Wildman–Crippen MR) is 114 cm³/mol. The van der Waals surface area contributed by atoms with Crippen molar-refractivity contribution in [3.05, 3.63) is 78.4 Å². The van der Waals surface area contributed by atoms with Gasteiger partial charge in [0.05, 0.1) is 19.8 Å². The van der Waals surface area contributed by atoms with E-state index in [0.29, 0.717) is 5.82 Å². The van der Waals surface area contributed by atoms with E-state index in [1.807, 2.05) is 60.7 Å². The third-order valence-corrected chi connectivity index (χ3v) is 5.05. The zero-order valence-electron chi connectivity index (χ0n) is 16.7. The third kappa shape index (κ3) is 3.73. The number of ether oxygens (including phenoxy) is 2. The first-order chi connectivity index (χ1) is 15.2. The van der Waals surface area contributed by atoms with E-state index in [2.05, 4.69) is 10.1 Å². The van der Waals surface area contributed by atoms with Gasteiger partial charge in [-0.1, -0.05) is 35.5 Å². The lowest BCUT2D eigenvalue weighted by Gasteiger charge is -2.03. The maximum absolute atomic E-state index is 12.4. The fraction of sp³-hybridized carbons (Fsp3) is 0.125. The van der Waals surface area contributed by atoms with Crippen LogP contribution in [0.2, 0.25) is 0 Å². The summed E-state index contributed by atoms with van der Waals surface area (Å²) in [5, 5.41) is 6.99. The van der Waals surface area contributed by atoms with Gasteiger partial charge in [-0.2, -0.15) is 4.98 Å². The zero-order valence-corrected chi connectivity index (χ0v) is 16.7. The normalized spacial score (nSPS) is 11.1. The topological polar surface area (TPSA) is 87.6 Å². The first kappa shape index (κ1) is 18.9. The van der Waals surface area contributed by atoms with Crippen molar-refractivity contribution < 1.29 is 23.2 Å². The van der Waals surface area contributed by atoms with Crippen LogP contribution in [0.1, 0.15) is 11.5 Å². The van der Waals surface area contributed by atoms with Crippen molar-refractivity contribution in [2.75, 3.05) is 7.11 Å². The van der Waals surface area contributed by atoms with Crippen LogP contribution in [0, 0.1) is 0 Å². The fourth-order valence-corrected chi connectivity index (χ4v) is 3.52. The molecule has 154 valence electrons. The molecule has 0 fully saturated rings. The van der Waals surface area contributed by atoms with E-state index < -0.39 is 5.97 Å². The number of carbonyl (C=O) groups is 1. The molecule has 0 aliphatic carbocycles. The Labute approximate surface area is 177 Å². The predicted octanol–water partition coefficient (Wildman–Crippen LogP) is 4.93. The first-order valence-corrected chi connectivity index (χ1v) is 9.72. The molecule has 0 atom stereocenters. The van der Waals surface area contributed by atoms with Crippen LogP contribution in [0.3, 0.4) is 0 Å². The number of hydrogen-bond donors (Lipinski definition) is 0. The molecule has 2 heterocycles. The first-order valence-electron chi connectivity index (χ1n) is 9.72. The Morgan fingerprint density at radius 1 is 1.03 bits per heavy atom. The average Bonchev–Trinajstić information content (AvgIpc) is 3.45. The Morgan fingerprint density at radius 2 is 1.87 bits per heavy atom. The molecule has 0 amide bonds. The molecule has 5 rings (SSSR count). The highest BCUT2D eigenvalue weighted by Crippen LogP contribution is 2.30. The number of methoxy groups -OCH3 is 1. The zero-order chi connectivity index (χ0) is 21.2. The van der Waals surface area contributed by atoms with Gasteiger partial charge in [-0.25, -0.2) is 0 Å². The lowest BCUT2D eigenvalue weighted by Crippen LogP contribution is -2.08. The summed E-state index contributed by atoms with van der Waals surface area (Å²) in [4.78, 5) is 16.7. The van der Waals surface area contributed by atoms with E-state index in [1.54, 1.807) is 13.4 Å². The number of aromatic nitrogens is 2. The van der Waals surface area contributed by atoms with Crippen molar-refractivity contribution in [2.24, 2.45) is 0 Å². The molecule has 3 aromatic carbocycles. The second-order valence-electron chi connectivity index (χ2n) is 7.00. The number of nitrogens with zero attached hydrogens (tertiary/aromatic N) is 2. The molecular formula is C24H18N2O5. The summed E-state index contributed by atoms with van der Waals surface area (Å²) in [6.45, 7) is -0.0987. The monoisotopic (exact) mass is 414 g/mol. The highest BCUT2D eigenvalue weighted by molar-refractivity contribution is 6.08. The summed E-state index contributed by atoms with van der Waals surface area (Å²) in [5.74, 6) is 0.975. The van der Waals surface area contributed by atoms with E-state index >= 15 is 0 Å². The fourth-order valence-electron chi connectivity index (χ4n) is 3.52. The molecule has 31 heavy (non-hydrogen) atoms. The molecule has 0 N–H and O–H groups in total. The highest BCUT2D eigenvalue weighted by atomic mass is 16.6. The Balaban J connectivity index is 1.28. The van der Waals surface area contributed by atoms with Gasteiger partial charge in [-0.05, 0) is 41.1 Å². The van der Waals surface area contributed by atoms with Gasteiger partial charge in [-0.15, -0.1) is 0 Å². The van der Waals surface area contributed by atoms with Crippen LogP contribution in [0.15, 0.2) is 75.9 Å². The average molecular weight is 414 g/mol. The van der Waals surface area contributed by atoms with Gasteiger partial charge in [0.1, 0.15) is 11.3 Å². The van der Waals surface area contributed by atoms with Crippen molar-refractivity contribution in [3.8, 4) is 17.1 Å². The molecule has 0 saturated heterocycles. The maximum Gasteiger partial charge on any atom is 0.310 e. The van der Waals surface area contributed by atoms with Gasteiger partial charge in [0.2, 0.25) is 5.82 Å². The Bertz CT molecular complexity index is 1370. The lowest BCUT2D eigenvalue weighted by molar-refractivity contribution is -0.144. The molecule has 0 unspecified atom stereocenters. The SMILES string of the molecule is COc1ccc(-c2noc(COC(=O)Cc3coc4ccc5ccccc5c34)n2)cc1. The number of furan rings is 1. The number of rotatable bonds is 6. The van der Waals surface area contributed by atoms with Crippen LogP contribution in [0.25, 0.3) is 33.1 Å². The molecular weight excluding hydrogens is 396 g/mol. The van der Waals surface area contributed by atoms with Crippen LogP contribution < -0.4 is 4.74 Å². The third-order valence-electron chi connectivity index (χ3n) is 5.05. The van der Waals surface area contributed by atoms with Gasteiger partial charge in [-0.3, -0.25) is 4.79 Å². The molecule has 0 bridgehead atoms. The maximum atomic E-state index is 12.4. The van der Waals surface area contributed by atoms with Crippen molar-refractivity contribution in [1.29, 1.82) is 0 Å². The number of hydrogen-bond acceptors (Lipinski definition) is 7. The summed E-state index contributed by atoms with van der Waals surface area (Å²) >= 11 is 0. The molecule has 0 spiro atoms. The molecule has 0 radical (unpaired) electrons. The van der Waals surface area contributed by atoms with Crippen molar-refractivity contribution >= 4 is 27.7 Å². The van der Waals surface area contributed by atoms with Crippen molar-refractivity contribution in [2.45, 2.75) is 13.0 Å². The molecule has 7 heteroatoms. The van der Waals surface area contributed by atoms with Gasteiger partial charge in [0.15, 0.2) is 6.61 Å². The minimum Gasteiger partial charge on any atom is -0.497 e. The molecule has 0 aliphatic rings. The summed E-state index contributed by atoms with van der Waals surface area (Å²) in [5.41, 5.74) is 2.29. The molecule has 0 saturated carbocycles. The number of carbonyl (C=O) groups excluding carboxylic acids is 1. The molecule has 5 aromatic rings. The van der Waals surface area contributed by atoms with Gasteiger partial charge in [0.25, 0.3) is 5.89 Å². The van der Waals surface area contributed by atoms with Gasteiger partial charge in [0, 0.05) is 16.5 Å². The van der Waals surface area contributed by atoms with Gasteiger partial charge < -0.3 is 18.4 Å². The second-order valence-corrected chi connectivity index (χ2v) is 7.00. The van der Waals surface area contributed by atoms with E-state index in [9.17, 15) is 4.79 Å². The Kier molecular flexibility index (Phi) is 4.84. The van der Waals surface area contributed by atoms with E-state index in [-0.39, 0.29) is 18.9 Å². The summed E-state index contributed by atoms with van der Waals surface area (Å²) in [6.07, 6.45) is 1.69. The summed E-state index contributed by atoms with van der Waals surface area (Å²) in [6, 6.07) is 19.2. The smallest absolute Gasteiger partial charge is 0.310 e. The standard InChI is InChI=1S/C24H18N2O5/c1-28-18-9-6-16(7-10-18)24-25-21(31-26-24)14-30-22(27)12-17-13-29-20-11-8-15-4-2-3-5-19(15)23(17)20/h2-11,13H,12,14H2,1H3. The van der Waals surface area contributed by atoms with Gasteiger partial charge >= 0.3 is 5.97 Å². The molecule has 2 aromatic heterocycles. The largest absolute Gasteiger partial charge is 0.497 e. The quantitative estimate of drug-likeness (QED) is 0.364. The Morgan fingerprint density at radius 3 is 2.71 bits per heavy atom. The van der Waals surface area contributed by atoms with Crippen LogP contribution in [0.5, 0.6) is 5.75 Å². The Hall–Kier alpha value is -4.13. The van der Waals surface area contributed by atoms with Crippen LogP contribution in [-0.2, 0) is 22.6 Å². The second kappa shape index (κ2) is 7.95. The van der Waals surface area contributed by atoms with Crippen LogP contribution >= 0.6 is 0 Å².